The molecule has 5 heteroatoms. The van der Waals surface area contributed by atoms with Crippen molar-refractivity contribution >= 4 is 31.5 Å². The topological polar surface area (TPSA) is 54.4 Å². The second-order valence-electron chi connectivity index (χ2n) is 5.24. The van der Waals surface area contributed by atoms with Gasteiger partial charge in [0.2, 0.25) is 0 Å². The Kier molecular flexibility index (Phi) is 3.80. The number of thiophene rings is 1. The van der Waals surface area contributed by atoms with Crippen LogP contribution in [0.5, 0.6) is 0 Å². The van der Waals surface area contributed by atoms with E-state index in [2.05, 4.69) is 0 Å². The molecule has 0 aliphatic rings. The number of hydrogen-bond acceptors (Lipinski definition) is 3. The van der Waals surface area contributed by atoms with Crippen molar-refractivity contribution in [2.24, 2.45) is 0 Å². The predicted molar refractivity (Wildman–Crippen MR) is 91.2 cm³/mol. The van der Waals surface area contributed by atoms with Crippen LogP contribution < -0.4 is 0 Å². The van der Waals surface area contributed by atoms with Crippen LogP contribution in [0.15, 0.2) is 46.7 Å². The van der Waals surface area contributed by atoms with Crippen molar-refractivity contribution in [1.82, 2.24) is 0 Å². The molecule has 0 aliphatic heterocycles. The Labute approximate surface area is 134 Å². The highest BCUT2D eigenvalue weighted by atomic mass is 32.2. The van der Waals surface area contributed by atoms with Gasteiger partial charge in [-0.05, 0) is 65.1 Å². The summed E-state index contributed by atoms with van der Waals surface area (Å²) >= 11 is 1.65. The SMILES string of the molecule is CCc1c(C)ccc(S(=O)(=O)O)c1-c1ccc2sccc2c1. The summed E-state index contributed by atoms with van der Waals surface area (Å²) in [5, 5.41) is 3.09. The van der Waals surface area contributed by atoms with Crippen molar-refractivity contribution in [3.8, 4) is 11.1 Å². The summed E-state index contributed by atoms with van der Waals surface area (Å²) in [6, 6.07) is 11.1. The Balaban J connectivity index is 2.38. The molecule has 0 radical (unpaired) electrons. The van der Waals surface area contributed by atoms with Crippen LogP contribution in [0.2, 0.25) is 0 Å². The van der Waals surface area contributed by atoms with E-state index in [1.54, 1.807) is 17.4 Å². The van der Waals surface area contributed by atoms with Crippen molar-refractivity contribution in [2.75, 3.05) is 0 Å². The maximum Gasteiger partial charge on any atom is 0.295 e. The van der Waals surface area contributed by atoms with Crippen LogP contribution in [0.3, 0.4) is 0 Å². The predicted octanol–water partition coefficient (Wildman–Crippen LogP) is 4.69. The van der Waals surface area contributed by atoms with E-state index in [1.807, 2.05) is 43.5 Å². The maximum absolute atomic E-state index is 11.8. The lowest BCUT2D eigenvalue weighted by molar-refractivity contribution is 0.483. The minimum atomic E-state index is -4.27. The van der Waals surface area contributed by atoms with E-state index < -0.39 is 10.1 Å². The van der Waals surface area contributed by atoms with Gasteiger partial charge in [0.1, 0.15) is 4.90 Å². The summed E-state index contributed by atoms with van der Waals surface area (Å²) < 4.78 is 34.3. The van der Waals surface area contributed by atoms with Crippen LogP contribution in [0.25, 0.3) is 21.2 Å². The van der Waals surface area contributed by atoms with Gasteiger partial charge in [0.25, 0.3) is 10.1 Å². The molecular formula is C17H16O3S2. The molecule has 0 saturated carbocycles. The highest BCUT2D eigenvalue weighted by molar-refractivity contribution is 7.86. The van der Waals surface area contributed by atoms with E-state index in [9.17, 15) is 13.0 Å². The summed E-state index contributed by atoms with van der Waals surface area (Å²) in [6.45, 7) is 3.95. The summed E-state index contributed by atoms with van der Waals surface area (Å²) in [5.41, 5.74) is 3.40. The average Bonchev–Trinajstić information content (AvgIpc) is 2.92. The number of rotatable bonds is 3. The molecule has 114 valence electrons. The third-order valence-corrected chi connectivity index (χ3v) is 5.68. The van der Waals surface area contributed by atoms with Crippen molar-refractivity contribution in [2.45, 2.75) is 25.2 Å². The molecule has 1 heterocycles. The van der Waals surface area contributed by atoms with Gasteiger partial charge in [-0.1, -0.05) is 19.1 Å². The zero-order chi connectivity index (χ0) is 15.9. The lowest BCUT2D eigenvalue weighted by atomic mass is 9.94. The molecule has 3 rings (SSSR count). The average molecular weight is 332 g/mol. The first kappa shape index (κ1) is 15.2. The van der Waals surface area contributed by atoms with Gasteiger partial charge in [-0.15, -0.1) is 11.3 Å². The fourth-order valence-corrected chi connectivity index (χ4v) is 4.35. The normalized spacial score (nSPS) is 12.0. The third kappa shape index (κ3) is 2.56. The van der Waals surface area contributed by atoms with E-state index in [0.29, 0.717) is 12.0 Å². The number of fused-ring (bicyclic) bond motifs is 1. The molecule has 0 atom stereocenters. The fourth-order valence-electron chi connectivity index (χ4n) is 2.84. The fraction of sp³-hybridized carbons (Fsp3) is 0.176. The molecule has 0 bridgehead atoms. The third-order valence-electron chi connectivity index (χ3n) is 3.88. The molecule has 22 heavy (non-hydrogen) atoms. The Morgan fingerprint density at radius 1 is 1.14 bits per heavy atom. The second-order valence-corrected chi connectivity index (χ2v) is 7.57. The summed E-state index contributed by atoms with van der Waals surface area (Å²) in [7, 11) is -4.27. The second kappa shape index (κ2) is 5.50. The van der Waals surface area contributed by atoms with Gasteiger partial charge < -0.3 is 0 Å². The Morgan fingerprint density at radius 3 is 2.59 bits per heavy atom. The quantitative estimate of drug-likeness (QED) is 0.708. The van der Waals surface area contributed by atoms with Crippen LogP contribution >= 0.6 is 11.3 Å². The van der Waals surface area contributed by atoms with Gasteiger partial charge in [0, 0.05) is 10.3 Å². The summed E-state index contributed by atoms with van der Waals surface area (Å²) in [4.78, 5) is -0.0236. The first-order valence-corrected chi connectivity index (χ1v) is 9.31. The molecule has 0 amide bonds. The van der Waals surface area contributed by atoms with Crippen molar-refractivity contribution in [1.29, 1.82) is 0 Å². The largest absolute Gasteiger partial charge is 0.295 e. The molecule has 3 aromatic rings. The Bertz CT molecular complexity index is 953. The van der Waals surface area contributed by atoms with E-state index in [-0.39, 0.29) is 4.90 Å². The van der Waals surface area contributed by atoms with Gasteiger partial charge in [0.05, 0.1) is 0 Å². The zero-order valence-corrected chi connectivity index (χ0v) is 14.0. The van der Waals surface area contributed by atoms with E-state index in [4.69, 9.17) is 0 Å². The Morgan fingerprint density at radius 2 is 1.91 bits per heavy atom. The van der Waals surface area contributed by atoms with E-state index in [1.165, 1.54) is 6.07 Å². The molecule has 0 spiro atoms. The first-order valence-electron chi connectivity index (χ1n) is 6.99. The lowest BCUT2D eigenvalue weighted by Gasteiger charge is -2.15. The first-order chi connectivity index (χ1) is 10.4. The lowest BCUT2D eigenvalue weighted by Crippen LogP contribution is -2.04. The van der Waals surface area contributed by atoms with Crippen LogP contribution in [-0.2, 0) is 16.5 Å². The molecule has 1 N–H and O–H groups in total. The molecular weight excluding hydrogens is 316 g/mol. The smallest absolute Gasteiger partial charge is 0.282 e. The van der Waals surface area contributed by atoms with E-state index in [0.717, 1.165) is 26.8 Å². The number of benzene rings is 2. The van der Waals surface area contributed by atoms with Crippen LogP contribution in [0.4, 0.5) is 0 Å². The summed E-state index contributed by atoms with van der Waals surface area (Å²) in [5.74, 6) is 0. The zero-order valence-electron chi connectivity index (χ0n) is 12.3. The molecule has 0 aliphatic carbocycles. The minimum absolute atomic E-state index is 0.0236. The Hall–Kier alpha value is -1.69. The summed E-state index contributed by atoms with van der Waals surface area (Å²) in [6.07, 6.45) is 0.701. The highest BCUT2D eigenvalue weighted by Crippen LogP contribution is 2.35. The van der Waals surface area contributed by atoms with Gasteiger partial charge in [0.15, 0.2) is 0 Å². The van der Waals surface area contributed by atoms with Crippen LogP contribution in [0.1, 0.15) is 18.1 Å². The van der Waals surface area contributed by atoms with E-state index >= 15 is 0 Å². The van der Waals surface area contributed by atoms with Crippen molar-refractivity contribution in [3.63, 3.8) is 0 Å². The number of hydrogen-bond donors (Lipinski definition) is 1. The number of aryl methyl sites for hydroxylation is 1. The van der Waals surface area contributed by atoms with Crippen molar-refractivity contribution in [3.05, 3.63) is 52.9 Å². The standard InChI is InChI=1S/C17H16O3S2/c1-3-14-11(2)4-7-16(22(18,19)20)17(14)13-5-6-15-12(10-13)8-9-21-15/h4-10H,3H2,1-2H3,(H,18,19,20). The van der Waals surface area contributed by atoms with Crippen LogP contribution in [-0.4, -0.2) is 13.0 Å². The van der Waals surface area contributed by atoms with Crippen molar-refractivity contribution < 1.29 is 13.0 Å². The molecule has 0 saturated heterocycles. The van der Waals surface area contributed by atoms with Gasteiger partial charge in [-0.25, -0.2) is 0 Å². The van der Waals surface area contributed by atoms with Gasteiger partial charge >= 0.3 is 0 Å². The molecule has 1 aromatic heterocycles. The monoisotopic (exact) mass is 332 g/mol. The highest BCUT2D eigenvalue weighted by Gasteiger charge is 2.20. The van der Waals surface area contributed by atoms with Gasteiger partial charge in [-0.2, -0.15) is 8.42 Å². The molecule has 2 aromatic carbocycles. The van der Waals surface area contributed by atoms with Gasteiger partial charge in [-0.3, -0.25) is 4.55 Å². The minimum Gasteiger partial charge on any atom is -0.282 e. The molecule has 3 nitrogen and oxygen atoms in total. The van der Waals surface area contributed by atoms with Crippen LogP contribution in [0, 0.1) is 6.92 Å². The maximum atomic E-state index is 11.8. The molecule has 0 unspecified atom stereocenters. The molecule has 0 fully saturated rings.